The smallest absolute Gasteiger partial charge is 0.260 e. The van der Waals surface area contributed by atoms with E-state index in [-0.39, 0.29) is 0 Å². The summed E-state index contributed by atoms with van der Waals surface area (Å²) in [6.07, 6.45) is 2.54. The molecule has 0 fully saturated rings. The Morgan fingerprint density at radius 2 is 1.59 bits per heavy atom. The molecule has 1 heterocycles. The average molecular weight is 586 g/mol. The van der Waals surface area contributed by atoms with Gasteiger partial charge in [-0.05, 0) is 74.5 Å². The van der Waals surface area contributed by atoms with Gasteiger partial charge >= 0.3 is 0 Å². The van der Waals surface area contributed by atoms with Crippen LogP contribution in [0.3, 0.4) is 0 Å². The van der Waals surface area contributed by atoms with Crippen LogP contribution in [0, 0.1) is 13.8 Å². The number of carbonyl (C=O) groups excluding carboxylic acids is 1. The topological polar surface area (TPSA) is 93.0 Å². The van der Waals surface area contributed by atoms with Crippen LogP contribution in [-0.2, 0) is 14.8 Å². The minimum Gasteiger partial charge on any atom is -0.457 e. The van der Waals surface area contributed by atoms with E-state index in [0.717, 1.165) is 33.2 Å². The first-order chi connectivity index (χ1) is 18.5. The fourth-order valence-electron chi connectivity index (χ4n) is 4.03. The maximum absolute atomic E-state index is 12.6. The summed E-state index contributed by atoms with van der Waals surface area (Å²) in [7, 11) is -3.75. The lowest BCUT2D eigenvalue weighted by atomic mass is 10.2. The molecule has 0 atom stereocenters. The van der Waals surface area contributed by atoms with Gasteiger partial charge in [0.05, 0.1) is 18.2 Å². The van der Waals surface area contributed by atoms with Crippen molar-refractivity contribution in [3.05, 3.63) is 106 Å². The van der Waals surface area contributed by atoms with Gasteiger partial charge in [0.1, 0.15) is 18.0 Å². The molecule has 1 amide bonds. The molecule has 39 heavy (non-hydrogen) atoms. The Kier molecular flexibility index (Phi) is 8.64. The second-order valence-corrected chi connectivity index (χ2v) is 11.5. The summed E-state index contributed by atoms with van der Waals surface area (Å²) in [5.41, 5.74) is 6.07. The largest absolute Gasteiger partial charge is 0.457 e. The second-order valence-electron chi connectivity index (χ2n) is 8.76. The molecule has 0 spiro atoms. The number of amides is 1. The van der Waals surface area contributed by atoms with Gasteiger partial charge in [0, 0.05) is 32.7 Å². The van der Waals surface area contributed by atoms with E-state index in [1.54, 1.807) is 42.5 Å². The van der Waals surface area contributed by atoms with Gasteiger partial charge < -0.3 is 9.30 Å². The Bertz CT molecular complexity index is 1600. The predicted octanol–water partition coefficient (Wildman–Crippen LogP) is 6.11. The molecule has 1 N–H and O–H groups in total. The highest BCUT2D eigenvalue weighted by Crippen LogP contribution is 2.27. The standard InChI is InChI=1S/C28H26Cl2N4O4S/c1-19-13-21(20(2)34(19)25-15-22(29)14-23(30)16-25)17-31-32-28(35)18-33(39(3,36)37)24-9-11-27(12-10-24)38-26-7-5-4-6-8-26/h4-17H,18H2,1-3H3,(H,32,35)/b31-17-. The maximum Gasteiger partial charge on any atom is 0.260 e. The molecule has 3 aromatic carbocycles. The number of hydrazone groups is 1. The van der Waals surface area contributed by atoms with Crippen LogP contribution in [0.25, 0.3) is 5.69 Å². The number of hydrogen-bond acceptors (Lipinski definition) is 5. The number of ether oxygens (including phenoxy) is 1. The number of para-hydroxylation sites is 1. The van der Waals surface area contributed by atoms with Crippen LogP contribution in [0.2, 0.25) is 10.0 Å². The zero-order chi connectivity index (χ0) is 28.2. The van der Waals surface area contributed by atoms with Crippen molar-refractivity contribution in [2.45, 2.75) is 13.8 Å². The number of aryl methyl sites for hydroxylation is 1. The van der Waals surface area contributed by atoms with Crippen LogP contribution in [0.4, 0.5) is 5.69 Å². The number of sulfonamides is 1. The van der Waals surface area contributed by atoms with Gasteiger partial charge in [-0.1, -0.05) is 41.4 Å². The van der Waals surface area contributed by atoms with E-state index >= 15 is 0 Å². The normalized spacial score (nSPS) is 11.5. The lowest BCUT2D eigenvalue weighted by Crippen LogP contribution is -2.39. The zero-order valence-corrected chi connectivity index (χ0v) is 23.8. The minimum absolute atomic E-state index is 0.320. The monoisotopic (exact) mass is 584 g/mol. The first-order valence-electron chi connectivity index (χ1n) is 11.8. The van der Waals surface area contributed by atoms with Gasteiger partial charge in [0.25, 0.3) is 5.91 Å². The molecule has 0 aliphatic rings. The molecule has 1 aromatic heterocycles. The van der Waals surface area contributed by atoms with E-state index in [0.29, 0.717) is 27.2 Å². The summed E-state index contributed by atoms with van der Waals surface area (Å²) in [4.78, 5) is 12.6. The molecule has 11 heteroatoms. The molecule has 202 valence electrons. The van der Waals surface area contributed by atoms with Gasteiger partial charge in [-0.25, -0.2) is 13.8 Å². The van der Waals surface area contributed by atoms with Gasteiger partial charge in [-0.2, -0.15) is 5.10 Å². The quantitative estimate of drug-likeness (QED) is 0.190. The van der Waals surface area contributed by atoms with Crippen LogP contribution >= 0.6 is 23.2 Å². The fraction of sp³-hybridized carbons (Fsp3) is 0.143. The van der Waals surface area contributed by atoms with Crippen molar-refractivity contribution in [1.82, 2.24) is 9.99 Å². The van der Waals surface area contributed by atoms with Gasteiger partial charge in [-0.3, -0.25) is 9.10 Å². The van der Waals surface area contributed by atoms with Crippen molar-refractivity contribution < 1.29 is 17.9 Å². The van der Waals surface area contributed by atoms with Crippen molar-refractivity contribution in [1.29, 1.82) is 0 Å². The summed E-state index contributed by atoms with van der Waals surface area (Å²) in [5, 5.41) is 5.07. The molecule has 0 aliphatic carbocycles. The summed E-state index contributed by atoms with van der Waals surface area (Å²) in [6, 6.07) is 22.8. The molecule has 4 rings (SSSR count). The first-order valence-corrected chi connectivity index (χ1v) is 14.4. The van der Waals surface area contributed by atoms with E-state index in [9.17, 15) is 13.2 Å². The Labute approximate surface area is 237 Å². The Morgan fingerprint density at radius 3 is 2.21 bits per heavy atom. The van der Waals surface area contributed by atoms with Crippen molar-refractivity contribution in [3.63, 3.8) is 0 Å². The van der Waals surface area contributed by atoms with Crippen LogP contribution < -0.4 is 14.5 Å². The lowest BCUT2D eigenvalue weighted by molar-refractivity contribution is -0.119. The summed E-state index contributed by atoms with van der Waals surface area (Å²) < 4.78 is 33.6. The molecular weight excluding hydrogens is 559 g/mol. The van der Waals surface area contributed by atoms with E-state index in [1.165, 1.54) is 6.21 Å². The molecule has 0 aliphatic heterocycles. The van der Waals surface area contributed by atoms with Gasteiger partial charge in [0.15, 0.2) is 0 Å². The molecule has 0 saturated heterocycles. The number of nitrogens with zero attached hydrogens (tertiary/aromatic N) is 3. The SMILES string of the molecule is Cc1cc(/C=N\NC(=O)CN(c2ccc(Oc3ccccc3)cc2)S(C)(=O)=O)c(C)n1-c1cc(Cl)cc(Cl)c1. The number of benzene rings is 3. The first kappa shape index (κ1) is 28.2. The Balaban J connectivity index is 1.44. The minimum atomic E-state index is -3.75. The van der Waals surface area contributed by atoms with Crippen molar-refractivity contribution >= 4 is 51.0 Å². The van der Waals surface area contributed by atoms with Crippen LogP contribution in [0.1, 0.15) is 17.0 Å². The third-order valence-electron chi connectivity index (χ3n) is 5.76. The Morgan fingerprint density at radius 1 is 0.974 bits per heavy atom. The number of aromatic nitrogens is 1. The molecule has 8 nitrogen and oxygen atoms in total. The molecule has 0 bridgehead atoms. The van der Waals surface area contributed by atoms with Crippen molar-refractivity contribution in [2.75, 3.05) is 17.1 Å². The van der Waals surface area contributed by atoms with Crippen LogP contribution in [0.5, 0.6) is 11.5 Å². The fourth-order valence-corrected chi connectivity index (χ4v) is 5.40. The van der Waals surface area contributed by atoms with Gasteiger partial charge in [-0.15, -0.1) is 0 Å². The molecular formula is C28H26Cl2N4O4S. The molecule has 0 unspecified atom stereocenters. The average Bonchev–Trinajstić information content (AvgIpc) is 3.15. The molecule has 0 saturated carbocycles. The summed E-state index contributed by atoms with van der Waals surface area (Å²) in [5.74, 6) is 0.585. The molecule has 4 aromatic rings. The van der Waals surface area contributed by atoms with Crippen LogP contribution in [-0.4, -0.2) is 37.9 Å². The number of rotatable bonds is 9. The lowest BCUT2D eigenvalue weighted by Gasteiger charge is -2.21. The number of hydrogen-bond donors (Lipinski definition) is 1. The highest BCUT2D eigenvalue weighted by Gasteiger charge is 2.21. The van der Waals surface area contributed by atoms with Crippen LogP contribution in [0.15, 0.2) is 84.0 Å². The van der Waals surface area contributed by atoms with E-state index in [2.05, 4.69) is 10.5 Å². The van der Waals surface area contributed by atoms with E-state index in [1.807, 2.05) is 54.8 Å². The highest BCUT2D eigenvalue weighted by atomic mass is 35.5. The van der Waals surface area contributed by atoms with Crippen molar-refractivity contribution in [3.8, 4) is 17.2 Å². The number of nitrogens with one attached hydrogen (secondary N) is 1. The maximum atomic E-state index is 12.6. The van der Waals surface area contributed by atoms with Crippen molar-refractivity contribution in [2.24, 2.45) is 5.10 Å². The van der Waals surface area contributed by atoms with Gasteiger partial charge in [0.2, 0.25) is 10.0 Å². The summed E-state index contributed by atoms with van der Waals surface area (Å²) in [6.45, 7) is 3.38. The number of carbonyl (C=O) groups is 1. The number of anilines is 1. The number of halogens is 2. The van der Waals surface area contributed by atoms with E-state index < -0.39 is 22.5 Å². The zero-order valence-electron chi connectivity index (χ0n) is 21.4. The second kappa shape index (κ2) is 11.9. The third-order valence-corrected chi connectivity index (χ3v) is 7.34. The Hall–Kier alpha value is -3.79. The van der Waals surface area contributed by atoms with E-state index in [4.69, 9.17) is 27.9 Å². The summed E-state index contributed by atoms with van der Waals surface area (Å²) >= 11 is 12.3. The molecule has 0 radical (unpaired) electrons. The predicted molar refractivity (Wildman–Crippen MR) is 156 cm³/mol. The highest BCUT2D eigenvalue weighted by molar-refractivity contribution is 7.92. The third kappa shape index (κ3) is 7.20.